The molecule has 0 N–H and O–H groups in total. The summed E-state index contributed by atoms with van der Waals surface area (Å²) in [6, 6.07) is 10.7. The minimum Gasteiger partial charge on any atom is -0.207 e. The molecule has 1 aliphatic heterocycles. The molecule has 0 atom stereocenters. The van der Waals surface area contributed by atoms with Crippen LogP contribution in [-0.4, -0.2) is 8.80 Å². The number of unbranched alkanes of at least 4 members (excludes halogenated alkanes) is 1. The van der Waals surface area contributed by atoms with Crippen molar-refractivity contribution in [2.45, 2.75) is 109 Å². The highest BCUT2D eigenvalue weighted by atomic mass is 28.3. The van der Waals surface area contributed by atoms with Gasteiger partial charge in [0.1, 0.15) is 5.82 Å². The van der Waals surface area contributed by atoms with Gasteiger partial charge in [0, 0.05) is 8.80 Å². The fraction of sp³-hybridized carbons (Fsp3) is 0.769. The first-order valence-electron chi connectivity index (χ1n) is 12.5. The van der Waals surface area contributed by atoms with E-state index in [1.807, 2.05) is 6.07 Å². The van der Waals surface area contributed by atoms with Crippen LogP contribution in [0.15, 0.2) is 18.2 Å². The molecule has 2 aliphatic rings. The first kappa shape index (κ1) is 22.1. The number of hydrogen-bond donors (Lipinski definition) is 0. The molecular formula is C26H43FSi. The molecule has 158 valence electrons. The Morgan fingerprint density at radius 2 is 1.61 bits per heavy atom. The third-order valence-corrected chi connectivity index (χ3v) is 11.5. The zero-order chi connectivity index (χ0) is 19.8. The van der Waals surface area contributed by atoms with Crippen LogP contribution in [0.1, 0.15) is 89.2 Å². The summed E-state index contributed by atoms with van der Waals surface area (Å²) in [5.74, 6) is 3.20. The molecule has 2 heteroatoms. The molecule has 0 nitrogen and oxygen atoms in total. The number of hydrogen-bond acceptors (Lipinski definition) is 0. The van der Waals surface area contributed by atoms with Crippen molar-refractivity contribution in [1.29, 1.82) is 0 Å². The maximum atomic E-state index is 14.1. The Labute approximate surface area is 175 Å². The lowest BCUT2D eigenvalue weighted by Gasteiger charge is -2.37. The van der Waals surface area contributed by atoms with E-state index in [0.717, 1.165) is 42.6 Å². The third-order valence-electron chi connectivity index (χ3n) is 7.99. The van der Waals surface area contributed by atoms with Crippen molar-refractivity contribution in [3.8, 4) is 0 Å². The molecule has 1 saturated carbocycles. The largest absolute Gasteiger partial charge is 0.207 e. The first-order valence-corrected chi connectivity index (χ1v) is 14.9. The highest BCUT2D eigenvalue weighted by Gasteiger charge is 2.30. The van der Waals surface area contributed by atoms with Crippen LogP contribution in [0.3, 0.4) is 0 Å². The molecule has 3 rings (SSSR count). The Morgan fingerprint density at radius 3 is 2.25 bits per heavy atom. The number of halogens is 1. The lowest BCUT2D eigenvalue weighted by atomic mass is 9.73. The maximum Gasteiger partial charge on any atom is 0.126 e. The Bertz CT molecular complexity index is 568. The van der Waals surface area contributed by atoms with Crippen LogP contribution in [0.5, 0.6) is 0 Å². The van der Waals surface area contributed by atoms with Gasteiger partial charge in [0.25, 0.3) is 0 Å². The lowest BCUT2D eigenvalue weighted by molar-refractivity contribution is 0.189. The van der Waals surface area contributed by atoms with Crippen LogP contribution in [0.4, 0.5) is 4.39 Å². The zero-order valence-corrected chi connectivity index (χ0v) is 19.7. The monoisotopic (exact) mass is 402 g/mol. The van der Waals surface area contributed by atoms with Crippen LogP contribution in [0.25, 0.3) is 0 Å². The van der Waals surface area contributed by atoms with Crippen molar-refractivity contribution in [3.63, 3.8) is 0 Å². The van der Waals surface area contributed by atoms with E-state index < -0.39 is 8.80 Å². The molecule has 0 unspecified atom stereocenters. The van der Waals surface area contributed by atoms with Gasteiger partial charge in [-0.2, -0.15) is 0 Å². The van der Waals surface area contributed by atoms with E-state index in [0.29, 0.717) is 0 Å². The fourth-order valence-corrected chi connectivity index (χ4v) is 9.53. The summed E-state index contributed by atoms with van der Waals surface area (Å²) in [6.45, 7) is 4.49. The molecule has 0 aromatic heterocycles. The summed E-state index contributed by atoms with van der Waals surface area (Å²) in [6.07, 6.45) is 16.2. The van der Waals surface area contributed by atoms with E-state index in [-0.39, 0.29) is 5.82 Å². The summed E-state index contributed by atoms with van der Waals surface area (Å²) in [7, 11) is -0.464. The lowest BCUT2D eigenvalue weighted by Crippen LogP contribution is -2.28. The minimum absolute atomic E-state index is 0.0139. The predicted molar refractivity (Wildman–Crippen MR) is 123 cm³/mol. The van der Waals surface area contributed by atoms with Crippen LogP contribution in [0, 0.1) is 23.6 Å². The second kappa shape index (κ2) is 11.5. The Balaban J connectivity index is 1.30. The van der Waals surface area contributed by atoms with Gasteiger partial charge in [-0.25, -0.2) is 4.39 Å². The van der Waals surface area contributed by atoms with Gasteiger partial charge in [-0.15, -0.1) is 0 Å². The molecule has 1 aromatic carbocycles. The molecule has 2 fully saturated rings. The maximum absolute atomic E-state index is 14.1. The minimum atomic E-state index is -0.464. The molecular weight excluding hydrogens is 359 g/mol. The van der Waals surface area contributed by atoms with Gasteiger partial charge < -0.3 is 0 Å². The predicted octanol–water partition coefficient (Wildman–Crippen LogP) is 7.95. The van der Waals surface area contributed by atoms with Gasteiger partial charge >= 0.3 is 0 Å². The molecule has 1 saturated heterocycles. The van der Waals surface area contributed by atoms with Crippen molar-refractivity contribution in [1.82, 2.24) is 0 Å². The fourth-order valence-electron chi connectivity index (χ4n) is 6.00. The molecule has 28 heavy (non-hydrogen) atoms. The molecule has 1 aromatic rings. The van der Waals surface area contributed by atoms with Gasteiger partial charge in [0.2, 0.25) is 0 Å². The van der Waals surface area contributed by atoms with Gasteiger partial charge in [-0.3, -0.25) is 0 Å². The Kier molecular flexibility index (Phi) is 9.08. The van der Waals surface area contributed by atoms with E-state index in [2.05, 4.69) is 19.9 Å². The summed E-state index contributed by atoms with van der Waals surface area (Å²) in [5.41, 5.74) is 2.09. The number of benzene rings is 1. The van der Waals surface area contributed by atoms with Crippen LogP contribution in [0.2, 0.25) is 18.1 Å². The van der Waals surface area contributed by atoms with E-state index in [1.54, 1.807) is 31.0 Å². The van der Waals surface area contributed by atoms with Crippen LogP contribution >= 0.6 is 0 Å². The summed E-state index contributed by atoms with van der Waals surface area (Å²) >= 11 is 0. The van der Waals surface area contributed by atoms with Gasteiger partial charge in [0.05, 0.1) is 0 Å². The summed E-state index contributed by atoms with van der Waals surface area (Å²) in [5, 5.41) is 0. The van der Waals surface area contributed by atoms with Crippen molar-refractivity contribution in [3.05, 3.63) is 35.1 Å². The standard InChI is InChI=1S/C26H43FSi/c1-3-7-25-14-11-22(20-26(25)27)8-5-6-17-28-18-15-24(16-19-28)23-12-9-21(4-2)10-13-23/h11,14,20-21,23-24,28H,3-10,12-13,15-19H2,1-2H3/t21-,23-,24?,28?. The SMILES string of the molecule is CCCc1ccc(CCCC[SiH]2CCC([C@H]3CC[C@H](CC)CC3)CC2)cc1F. The van der Waals surface area contributed by atoms with E-state index in [9.17, 15) is 4.39 Å². The van der Waals surface area contributed by atoms with Gasteiger partial charge in [0.15, 0.2) is 0 Å². The normalized spacial score (nSPS) is 28.4. The van der Waals surface area contributed by atoms with E-state index in [4.69, 9.17) is 0 Å². The van der Waals surface area contributed by atoms with Crippen LogP contribution < -0.4 is 0 Å². The highest BCUT2D eigenvalue weighted by Crippen LogP contribution is 2.41. The molecule has 0 radical (unpaired) electrons. The average molecular weight is 403 g/mol. The van der Waals surface area contributed by atoms with Crippen molar-refractivity contribution >= 4 is 8.80 Å². The molecule has 0 spiro atoms. The van der Waals surface area contributed by atoms with E-state index in [1.165, 1.54) is 56.6 Å². The van der Waals surface area contributed by atoms with Crippen molar-refractivity contribution in [2.75, 3.05) is 0 Å². The summed E-state index contributed by atoms with van der Waals surface area (Å²) < 4.78 is 14.1. The van der Waals surface area contributed by atoms with Crippen LogP contribution in [-0.2, 0) is 12.8 Å². The van der Waals surface area contributed by atoms with Crippen molar-refractivity contribution < 1.29 is 4.39 Å². The summed E-state index contributed by atoms with van der Waals surface area (Å²) in [4.78, 5) is 0. The quantitative estimate of drug-likeness (QED) is 0.290. The zero-order valence-electron chi connectivity index (χ0n) is 18.5. The van der Waals surface area contributed by atoms with E-state index >= 15 is 0 Å². The second-order valence-corrected chi connectivity index (χ2v) is 13.4. The number of rotatable bonds is 9. The second-order valence-electron chi connectivity index (χ2n) is 9.89. The Hall–Kier alpha value is -0.633. The van der Waals surface area contributed by atoms with Crippen molar-refractivity contribution in [2.24, 2.45) is 17.8 Å². The molecule has 0 bridgehead atoms. The number of aryl methyl sites for hydroxylation is 2. The third kappa shape index (κ3) is 6.44. The Morgan fingerprint density at radius 1 is 0.893 bits per heavy atom. The molecule has 0 amide bonds. The van der Waals surface area contributed by atoms with Gasteiger partial charge in [-0.1, -0.05) is 89.1 Å². The smallest absolute Gasteiger partial charge is 0.126 e. The average Bonchev–Trinajstić information content (AvgIpc) is 2.74. The topological polar surface area (TPSA) is 0 Å². The van der Waals surface area contributed by atoms with Gasteiger partial charge in [-0.05, 0) is 67.1 Å². The highest BCUT2D eigenvalue weighted by molar-refractivity contribution is 6.58. The first-order chi connectivity index (χ1) is 13.7. The molecule has 1 heterocycles. The molecule has 1 aliphatic carbocycles.